The first kappa shape index (κ1) is 14.6. The number of amides is 2. The fraction of sp³-hybridized carbons (Fsp3) is 0.211. The molecule has 120 valence electrons. The minimum atomic E-state index is -0.716. The lowest BCUT2D eigenvalue weighted by Crippen LogP contribution is -2.48. The number of hydrogen-bond acceptors (Lipinski definition) is 3. The van der Waals surface area contributed by atoms with E-state index < -0.39 is 5.92 Å². The van der Waals surface area contributed by atoms with Gasteiger partial charge in [0.1, 0.15) is 5.92 Å². The van der Waals surface area contributed by atoms with Gasteiger partial charge in [-0.3, -0.25) is 14.5 Å². The molecule has 2 aliphatic rings. The smallest absolute Gasteiger partial charge is 0.261 e. The van der Waals surface area contributed by atoms with Crippen molar-refractivity contribution in [3.8, 4) is 0 Å². The molecule has 2 aromatic carbocycles. The minimum Gasteiger partial charge on any atom is -0.310 e. The predicted octanol–water partition coefficient (Wildman–Crippen LogP) is 2.09. The highest BCUT2D eigenvalue weighted by atomic mass is 16.2. The molecule has 0 spiro atoms. The van der Waals surface area contributed by atoms with Gasteiger partial charge in [-0.05, 0) is 24.1 Å². The number of carbonyl (C=O) groups is 2. The van der Waals surface area contributed by atoms with Crippen LogP contribution in [-0.2, 0) is 16.0 Å². The van der Waals surface area contributed by atoms with E-state index in [1.165, 1.54) is 0 Å². The summed E-state index contributed by atoms with van der Waals surface area (Å²) in [6.07, 6.45) is 0.400. The van der Waals surface area contributed by atoms with Crippen LogP contribution in [0.1, 0.15) is 5.56 Å². The van der Waals surface area contributed by atoms with Crippen LogP contribution in [0.2, 0.25) is 0 Å². The molecule has 2 heterocycles. The van der Waals surface area contributed by atoms with Gasteiger partial charge < -0.3 is 4.90 Å². The van der Waals surface area contributed by atoms with Crippen LogP contribution in [0.25, 0.3) is 0 Å². The Morgan fingerprint density at radius 2 is 1.50 bits per heavy atom. The number of anilines is 1. The Labute approximate surface area is 140 Å². The van der Waals surface area contributed by atoms with Gasteiger partial charge in [0.05, 0.1) is 0 Å². The molecule has 0 N–H and O–H groups in total. The maximum absolute atomic E-state index is 12.8. The second kappa shape index (κ2) is 5.92. The first-order valence-electron chi connectivity index (χ1n) is 8.04. The number of fused-ring (bicyclic) bond motifs is 1. The monoisotopic (exact) mass is 319 g/mol. The quantitative estimate of drug-likeness (QED) is 0.814. The van der Waals surface area contributed by atoms with Crippen molar-refractivity contribution in [1.29, 1.82) is 0 Å². The number of benzene rings is 2. The molecule has 2 amide bonds. The van der Waals surface area contributed by atoms with E-state index in [0.29, 0.717) is 25.5 Å². The molecule has 1 unspecified atom stereocenters. The van der Waals surface area contributed by atoms with E-state index in [1.807, 2.05) is 65.6 Å². The van der Waals surface area contributed by atoms with Crippen molar-refractivity contribution < 1.29 is 9.59 Å². The van der Waals surface area contributed by atoms with Crippen molar-refractivity contribution in [1.82, 2.24) is 4.90 Å². The van der Waals surface area contributed by atoms with Crippen molar-refractivity contribution in [2.75, 3.05) is 18.0 Å². The van der Waals surface area contributed by atoms with Gasteiger partial charge in [0.25, 0.3) is 5.91 Å². The van der Waals surface area contributed by atoms with Crippen molar-refractivity contribution in [3.63, 3.8) is 0 Å². The molecule has 1 saturated heterocycles. The molecule has 0 bridgehead atoms. The molecule has 5 nitrogen and oxygen atoms in total. The lowest BCUT2D eigenvalue weighted by molar-refractivity contribution is -0.138. The Balaban J connectivity index is 1.62. The third-order valence-corrected chi connectivity index (χ3v) is 4.45. The van der Waals surface area contributed by atoms with Gasteiger partial charge in [-0.2, -0.15) is 4.99 Å². The number of nitrogens with zero attached hydrogens (tertiary/aromatic N) is 3. The number of guanidine groups is 1. The zero-order valence-electron chi connectivity index (χ0n) is 13.1. The Kier molecular flexibility index (Phi) is 3.61. The number of aliphatic imine (C=N–C) groups is 1. The lowest BCUT2D eigenvalue weighted by Gasteiger charge is -2.28. The molecule has 0 radical (unpaired) electrons. The van der Waals surface area contributed by atoms with Crippen molar-refractivity contribution in [2.45, 2.75) is 6.42 Å². The van der Waals surface area contributed by atoms with Crippen LogP contribution < -0.4 is 4.90 Å². The summed E-state index contributed by atoms with van der Waals surface area (Å²) < 4.78 is 0. The fourth-order valence-corrected chi connectivity index (χ4v) is 3.22. The van der Waals surface area contributed by atoms with Gasteiger partial charge >= 0.3 is 0 Å². The van der Waals surface area contributed by atoms with Gasteiger partial charge in [-0.1, -0.05) is 48.5 Å². The highest BCUT2D eigenvalue weighted by Gasteiger charge is 2.43. The van der Waals surface area contributed by atoms with Crippen LogP contribution in [0, 0.1) is 5.92 Å². The van der Waals surface area contributed by atoms with Crippen molar-refractivity contribution >= 4 is 23.5 Å². The van der Waals surface area contributed by atoms with Crippen LogP contribution in [0.4, 0.5) is 5.69 Å². The molecule has 2 aliphatic heterocycles. The van der Waals surface area contributed by atoms with E-state index in [9.17, 15) is 9.59 Å². The molecular weight excluding hydrogens is 302 g/mol. The third-order valence-electron chi connectivity index (χ3n) is 4.45. The van der Waals surface area contributed by atoms with E-state index in [2.05, 4.69) is 4.99 Å². The Morgan fingerprint density at radius 3 is 2.21 bits per heavy atom. The van der Waals surface area contributed by atoms with Gasteiger partial charge in [0, 0.05) is 18.8 Å². The van der Waals surface area contributed by atoms with Crippen LogP contribution in [0.3, 0.4) is 0 Å². The second-order valence-corrected chi connectivity index (χ2v) is 5.97. The molecule has 24 heavy (non-hydrogen) atoms. The van der Waals surface area contributed by atoms with Gasteiger partial charge in [-0.25, -0.2) is 0 Å². The van der Waals surface area contributed by atoms with E-state index in [-0.39, 0.29) is 11.8 Å². The highest BCUT2D eigenvalue weighted by molar-refractivity contribution is 6.20. The maximum Gasteiger partial charge on any atom is 0.261 e. The Hall–Kier alpha value is -2.95. The van der Waals surface area contributed by atoms with Crippen LogP contribution in [0.15, 0.2) is 65.7 Å². The maximum atomic E-state index is 12.8. The summed E-state index contributed by atoms with van der Waals surface area (Å²) in [7, 11) is 0. The summed E-state index contributed by atoms with van der Waals surface area (Å²) >= 11 is 0. The number of carbonyl (C=O) groups excluding carboxylic acids is 2. The molecule has 1 atom stereocenters. The van der Waals surface area contributed by atoms with Gasteiger partial charge in [-0.15, -0.1) is 0 Å². The van der Waals surface area contributed by atoms with Crippen LogP contribution >= 0.6 is 0 Å². The summed E-state index contributed by atoms with van der Waals surface area (Å²) in [6.45, 7) is 1.21. The highest BCUT2D eigenvalue weighted by Crippen LogP contribution is 2.26. The summed E-state index contributed by atoms with van der Waals surface area (Å²) in [5.41, 5.74) is 1.92. The number of rotatable bonds is 3. The molecule has 0 saturated carbocycles. The van der Waals surface area contributed by atoms with Gasteiger partial charge in [0.15, 0.2) is 0 Å². The average Bonchev–Trinajstić information content (AvgIpc) is 3.04. The Morgan fingerprint density at radius 1 is 0.875 bits per heavy atom. The van der Waals surface area contributed by atoms with Crippen molar-refractivity contribution in [2.24, 2.45) is 10.9 Å². The lowest BCUT2D eigenvalue weighted by atomic mass is 9.96. The fourth-order valence-electron chi connectivity index (χ4n) is 3.22. The van der Waals surface area contributed by atoms with Crippen LogP contribution in [0.5, 0.6) is 0 Å². The van der Waals surface area contributed by atoms with E-state index in [0.717, 1.165) is 11.3 Å². The molecule has 0 aromatic heterocycles. The van der Waals surface area contributed by atoms with E-state index >= 15 is 0 Å². The molecule has 5 heteroatoms. The molecular formula is C19H17N3O2. The largest absolute Gasteiger partial charge is 0.310 e. The van der Waals surface area contributed by atoms with E-state index in [1.54, 1.807) is 4.90 Å². The number of hydrogen-bond donors (Lipinski definition) is 0. The molecule has 1 fully saturated rings. The van der Waals surface area contributed by atoms with Crippen molar-refractivity contribution in [3.05, 3.63) is 66.2 Å². The van der Waals surface area contributed by atoms with Crippen LogP contribution in [-0.4, -0.2) is 35.8 Å². The first-order valence-corrected chi connectivity index (χ1v) is 8.04. The SMILES string of the molecule is O=C1N=C2N(CCN2c2ccccc2)C(=O)C1Cc1ccccc1. The summed E-state index contributed by atoms with van der Waals surface area (Å²) in [5.74, 6) is -0.752. The summed E-state index contributed by atoms with van der Waals surface area (Å²) in [4.78, 5) is 33.1. The zero-order chi connectivity index (χ0) is 16.5. The zero-order valence-corrected chi connectivity index (χ0v) is 13.1. The molecule has 0 aliphatic carbocycles. The average molecular weight is 319 g/mol. The van der Waals surface area contributed by atoms with E-state index in [4.69, 9.17) is 0 Å². The minimum absolute atomic E-state index is 0.146. The standard InChI is InChI=1S/C19H17N3O2/c23-17-16(13-14-7-3-1-4-8-14)18(24)22-12-11-21(19(22)20-17)15-9-5-2-6-10-15/h1-10,16H,11-13H2. The first-order chi connectivity index (χ1) is 11.7. The third kappa shape index (κ3) is 2.48. The molecule has 2 aromatic rings. The Bertz CT molecular complexity index is 802. The molecule has 4 rings (SSSR count). The normalized spacial score (nSPS) is 20.2. The predicted molar refractivity (Wildman–Crippen MR) is 91.6 cm³/mol. The number of para-hydroxylation sites is 1. The second-order valence-electron chi connectivity index (χ2n) is 5.97. The summed E-state index contributed by atoms with van der Waals surface area (Å²) in [5, 5.41) is 0. The van der Waals surface area contributed by atoms with Gasteiger partial charge in [0.2, 0.25) is 11.9 Å². The summed E-state index contributed by atoms with van der Waals surface area (Å²) in [6, 6.07) is 19.3. The topological polar surface area (TPSA) is 53.0 Å².